The van der Waals surface area contributed by atoms with Gasteiger partial charge in [0.05, 0.1) is 24.8 Å². The van der Waals surface area contributed by atoms with Crippen LogP contribution in [0.4, 0.5) is 10.5 Å². The third-order valence-electron chi connectivity index (χ3n) is 5.04. The van der Waals surface area contributed by atoms with Gasteiger partial charge in [0.25, 0.3) is 0 Å². The van der Waals surface area contributed by atoms with Crippen molar-refractivity contribution in [2.24, 2.45) is 0 Å². The van der Waals surface area contributed by atoms with Crippen LogP contribution in [0.25, 0.3) is 0 Å². The Balaban J connectivity index is 1.55. The number of likely N-dealkylation sites (tertiary alicyclic amines) is 1. The number of amides is 2. The first-order valence-corrected chi connectivity index (χ1v) is 9.14. The minimum Gasteiger partial charge on any atom is -0.379 e. The zero-order valence-electron chi connectivity index (χ0n) is 14.6. The van der Waals surface area contributed by atoms with Crippen molar-refractivity contribution in [2.75, 3.05) is 44.7 Å². The van der Waals surface area contributed by atoms with Gasteiger partial charge in [-0.05, 0) is 49.9 Å². The minimum atomic E-state index is -0.0311. The largest absolute Gasteiger partial charge is 0.379 e. The van der Waals surface area contributed by atoms with E-state index in [1.807, 2.05) is 4.90 Å². The maximum Gasteiger partial charge on any atom is 0.322 e. The maximum atomic E-state index is 12.7. The number of morpholine rings is 1. The first-order valence-electron chi connectivity index (χ1n) is 9.14. The van der Waals surface area contributed by atoms with Gasteiger partial charge in [0.1, 0.15) is 0 Å². The molecule has 0 unspecified atom stereocenters. The number of urea groups is 1. The van der Waals surface area contributed by atoms with Gasteiger partial charge in [0, 0.05) is 37.9 Å². The van der Waals surface area contributed by atoms with E-state index in [0.29, 0.717) is 11.6 Å². The van der Waals surface area contributed by atoms with Crippen molar-refractivity contribution in [3.05, 3.63) is 29.8 Å². The Morgan fingerprint density at radius 3 is 2.68 bits per heavy atom. The highest BCUT2D eigenvalue weighted by Gasteiger charge is 2.27. The second kappa shape index (κ2) is 8.84. The van der Waals surface area contributed by atoms with Gasteiger partial charge in [-0.15, -0.1) is 0 Å². The first-order chi connectivity index (χ1) is 12.3. The Bertz CT molecular complexity index is 605. The molecule has 1 aromatic rings. The van der Waals surface area contributed by atoms with Crippen molar-refractivity contribution in [1.82, 2.24) is 9.80 Å². The third kappa shape index (κ3) is 4.94. The molecule has 0 aliphatic carbocycles. The first kappa shape index (κ1) is 17.7. The molecular weight excluding hydrogens is 316 g/mol. The van der Waals surface area contributed by atoms with Crippen molar-refractivity contribution in [3.8, 4) is 6.07 Å². The van der Waals surface area contributed by atoms with Gasteiger partial charge in [0.2, 0.25) is 0 Å². The highest BCUT2D eigenvalue weighted by Crippen LogP contribution is 2.22. The van der Waals surface area contributed by atoms with Crippen LogP contribution in [-0.2, 0) is 4.74 Å². The summed E-state index contributed by atoms with van der Waals surface area (Å²) in [7, 11) is 0. The summed E-state index contributed by atoms with van der Waals surface area (Å²) in [6, 6.07) is 9.37. The van der Waals surface area contributed by atoms with Crippen LogP contribution in [-0.4, -0.2) is 61.3 Å². The predicted molar refractivity (Wildman–Crippen MR) is 96.4 cm³/mol. The summed E-state index contributed by atoms with van der Waals surface area (Å²) >= 11 is 0. The lowest BCUT2D eigenvalue weighted by molar-refractivity contribution is 0.0329. The van der Waals surface area contributed by atoms with E-state index in [-0.39, 0.29) is 6.03 Å². The fraction of sp³-hybridized carbons (Fsp3) is 0.579. The van der Waals surface area contributed by atoms with E-state index in [1.54, 1.807) is 24.3 Å². The Morgan fingerprint density at radius 1 is 1.20 bits per heavy atom. The van der Waals surface area contributed by atoms with Crippen LogP contribution >= 0.6 is 0 Å². The molecule has 2 aliphatic rings. The summed E-state index contributed by atoms with van der Waals surface area (Å²) in [5, 5.41) is 11.8. The molecule has 6 heteroatoms. The molecule has 2 amide bonds. The SMILES string of the molecule is N#Cc1ccc(NC(=O)N2CCCC[C@@H]2CCN2CCOCC2)cc1. The van der Waals surface area contributed by atoms with Gasteiger partial charge in [-0.3, -0.25) is 4.90 Å². The van der Waals surface area contributed by atoms with Crippen molar-refractivity contribution in [1.29, 1.82) is 5.26 Å². The average Bonchev–Trinajstić information content (AvgIpc) is 2.68. The minimum absolute atomic E-state index is 0.0311. The monoisotopic (exact) mass is 342 g/mol. The second-order valence-corrected chi connectivity index (χ2v) is 6.70. The van der Waals surface area contributed by atoms with Crippen molar-refractivity contribution >= 4 is 11.7 Å². The van der Waals surface area contributed by atoms with Crippen LogP contribution < -0.4 is 5.32 Å². The van der Waals surface area contributed by atoms with Crippen molar-refractivity contribution < 1.29 is 9.53 Å². The number of hydrogen-bond donors (Lipinski definition) is 1. The number of anilines is 1. The molecule has 0 radical (unpaired) electrons. The van der Waals surface area contributed by atoms with Gasteiger partial charge in [0.15, 0.2) is 0 Å². The van der Waals surface area contributed by atoms with Gasteiger partial charge in [-0.25, -0.2) is 4.79 Å². The van der Waals surface area contributed by atoms with Crippen LogP contribution in [0.15, 0.2) is 24.3 Å². The van der Waals surface area contributed by atoms with Crippen molar-refractivity contribution in [3.63, 3.8) is 0 Å². The molecule has 2 aliphatic heterocycles. The summed E-state index contributed by atoms with van der Waals surface area (Å²) in [5.74, 6) is 0. The number of nitriles is 1. The molecule has 6 nitrogen and oxygen atoms in total. The van der Waals surface area contributed by atoms with Crippen LogP contribution in [0.3, 0.4) is 0 Å². The Labute approximate surface area is 149 Å². The number of nitrogens with one attached hydrogen (secondary N) is 1. The molecule has 25 heavy (non-hydrogen) atoms. The molecule has 134 valence electrons. The lowest BCUT2D eigenvalue weighted by Crippen LogP contribution is -2.48. The van der Waals surface area contributed by atoms with Gasteiger partial charge in [-0.1, -0.05) is 0 Å². The molecule has 0 saturated carbocycles. The van der Waals surface area contributed by atoms with Crippen LogP contribution in [0, 0.1) is 11.3 Å². The Kier molecular flexibility index (Phi) is 6.26. The van der Waals surface area contributed by atoms with Gasteiger partial charge < -0.3 is 15.0 Å². The topological polar surface area (TPSA) is 68.6 Å². The number of nitrogens with zero attached hydrogens (tertiary/aromatic N) is 3. The maximum absolute atomic E-state index is 12.7. The van der Waals surface area contributed by atoms with E-state index in [4.69, 9.17) is 10.00 Å². The Morgan fingerprint density at radius 2 is 1.96 bits per heavy atom. The standard InChI is InChI=1S/C19H26N4O2/c20-15-16-4-6-17(7-5-16)21-19(24)23-9-2-1-3-18(23)8-10-22-11-13-25-14-12-22/h4-7,18H,1-3,8-14H2,(H,21,24)/t18-/m1/s1. The van der Waals surface area contributed by atoms with E-state index in [0.717, 1.165) is 64.3 Å². The quantitative estimate of drug-likeness (QED) is 0.913. The number of piperidine rings is 1. The van der Waals surface area contributed by atoms with E-state index in [1.165, 1.54) is 6.42 Å². The number of carbonyl (C=O) groups is 1. The van der Waals surface area contributed by atoms with E-state index < -0.39 is 0 Å². The lowest BCUT2D eigenvalue weighted by atomic mass is 9.99. The molecule has 2 heterocycles. The molecule has 1 aromatic carbocycles. The third-order valence-corrected chi connectivity index (χ3v) is 5.04. The van der Waals surface area contributed by atoms with Crippen LogP contribution in [0.1, 0.15) is 31.2 Å². The number of hydrogen-bond acceptors (Lipinski definition) is 4. The normalized spacial score (nSPS) is 21.6. The van der Waals surface area contributed by atoms with Crippen LogP contribution in [0.5, 0.6) is 0 Å². The number of rotatable bonds is 4. The predicted octanol–water partition coefficient (Wildman–Crippen LogP) is 2.67. The van der Waals surface area contributed by atoms with E-state index in [2.05, 4.69) is 16.3 Å². The fourth-order valence-corrected chi connectivity index (χ4v) is 3.55. The fourth-order valence-electron chi connectivity index (χ4n) is 3.55. The number of benzene rings is 1. The number of carbonyl (C=O) groups excluding carboxylic acids is 1. The molecule has 2 saturated heterocycles. The highest BCUT2D eigenvalue weighted by atomic mass is 16.5. The lowest BCUT2D eigenvalue weighted by Gasteiger charge is -2.37. The molecule has 3 rings (SSSR count). The Hall–Kier alpha value is -2.10. The van der Waals surface area contributed by atoms with E-state index in [9.17, 15) is 4.79 Å². The molecular formula is C19H26N4O2. The molecule has 0 spiro atoms. The smallest absolute Gasteiger partial charge is 0.322 e. The van der Waals surface area contributed by atoms with Gasteiger partial charge >= 0.3 is 6.03 Å². The van der Waals surface area contributed by atoms with Gasteiger partial charge in [-0.2, -0.15) is 5.26 Å². The van der Waals surface area contributed by atoms with Crippen molar-refractivity contribution in [2.45, 2.75) is 31.7 Å². The highest BCUT2D eigenvalue weighted by molar-refractivity contribution is 5.89. The average molecular weight is 342 g/mol. The summed E-state index contributed by atoms with van der Waals surface area (Å²) in [5.41, 5.74) is 1.33. The summed E-state index contributed by atoms with van der Waals surface area (Å²) in [4.78, 5) is 17.1. The molecule has 1 atom stereocenters. The summed E-state index contributed by atoms with van der Waals surface area (Å²) in [6.45, 7) is 5.44. The zero-order chi connectivity index (χ0) is 17.5. The molecule has 0 aromatic heterocycles. The molecule has 2 fully saturated rings. The van der Waals surface area contributed by atoms with E-state index >= 15 is 0 Å². The molecule has 0 bridgehead atoms. The van der Waals surface area contributed by atoms with Crippen LogP contribution in [0.2, 0.25) is 0 Å². The summed E-state index contributed by atoms with van der Waals surface area (Å²) in [6.07, 6.45) is 4.34. The zero-order valence-corrected chi connectivity index (χ0v) is 14.6. The number of ether oxygens (including phenoxy) is 1. The second-order valence-electron chi connectivity index (χ2n) is 6.70. The molecule has 1 N–H and O–H groups in total. The summed E-state index contributed by atoms with van der Waals surface area (Å²) < 4.78 is 5.40.